The van der Waals surface area contributed by atoms with Crippen LogP contribution < -0.4 is 5.32 Å². The van der Waals surface area contributed by atoms with E-state index in [9.17, 15) is 4.39 Å². The molecule has 4 rings (SSSR count). The van der Waals surface area contributed by atoms with Gasteiger partial charge in [-0.05, 0) is 55.3 Å². The van der Waals surface area contributed by atoms with E-state index in [1.54, 1.807) is 29.2 Å². The number of nitrogens with one attached hydrogen (secondary N) is 1. The van der Waals surface area contributed by atoms with Crippen molar-refractivity contribution in [2.24, 2.45) is 0 Å². The molecule has 0 aliphatic heterocycles. The highest BCUT2D eigenvalue weighted by molar-refractivity contribution is 5.63. The number of benzene rings is 1. The summed E-state index contributed by atoms with van der Waals surface area (Å²) < 4.78 is 15.9. The number of anilines is 1. The van der Waals surface area contributed by atoms with Crippen molar-refractivity contribution in [1.82, 2.24) is 19.6 Å². The quantitative estimate of drug-likeness (QED) is 0.602. The Hall–Kier alpha value is -3.28. The molecule has 3 aromatic heterocycles. The highest BCUT2D eigenvalue weighted by atomic mass is 19.1. The minimum absolute atomic E-state index is 0.207. The van der Waals surface area contributed by atoms with E-state index in [0.29, 0.717) is 17.9 Å². The summed E-state index contributed by atoms with van der Waals surface area (Å²) in [5, 5.41) is 7.83. The number of hydrogen-bond donors (Lipinski definition) is 1. The SMILES string of the molecule is Cc1ccc(F)c(CNc2ccc3ncc(-c4ccncc4)n3n2)c1C. The van der Waals surface area contributed by atoms with E-state index in [1.165, 1.54) is 6.07 Å². The minimum Gasteiger partial charge on any atom is -0.364 e. The summed E-state index contributed by atoms with van der Waals surface area (Å²) in [4.78, 5) is 8.43. The van der Waals surface area contributed by atoms with Gasteiger partial charge in [-0.1, -0.05) is 6.07 Å². The van der Waals surface area contributed by atoms with E-state index in [4.69, 9.17) is 0 Å². The number of rotatable bonds is 4. The van der Waals surface area contributed by atoms with Crippen molar-refractivity contribution in [3.05, 3.63) is 77.5 Å². The fourth-order valence-electron chi connectivity index (χ4n) is 2.92. The van der Waals surface area contributed by atoms with Gasteiger partial charge in [-0.3, -0.25) is 4.98 Å². The first kappa shape index (κ1) is 16.2. The van der Waals surface area contributed by atoms with Gasteiger partial charge in [-0.25, -0.2) is 13.9 Å². The third-order valence-corrected chi connectivity index (χ3v) is 4.60. The van der Waals surface area contributed by atoms with Crippen molar-refractivity contribution in [2.45, 2.75) is 20.4 Å². The molecular formula is C20H18FN5. The molecule has 0 unspecified atom stereocenters. The summed E-state index contributed by atoms with van der Waals surface area (Å²) in [6.07, 6.45) is 5.26. The highest BCUT2D eigenvalue weighted by Crippen LogP contribution is 2.21. The first-order chi connectivity index (χ1) is 12.6. The Bertz CT molecular complexity index is 1070. The molecule has 4 aromatic rings. The molecule has 0 radical (unpaired) electrons. The number of aromatic nitrogens is 4. The maximum atomic E-state index is 14.1. The number of hydrogen-bond acceptors (Lipinski definition) is 4. The molecule has 0 atom stereocenters. The van der Waals surface area contributed by atoms with Gasteiger partial charge < -0.3 is 5.32 Å². The van der Waals surface area contributed by atoms with E-state index in [2.05, 4.69) is 20.4 Å². The number of halogens is 1. The molecular weight excluding hydrogens is 329 g/mol. The van der Waals surface area contributed by atoms with Crippen molar-refractivity contribution in [1.29, 1.82) is 0 Å². The maximum Gasteiger partial charge on any atom is 0.154 e. The molecule has 0 saturated carbocycles. The molecule has 0 amide bonds. The van der Waals surface area contributed by atoms with Crippen LogP contribution >= 0.6 is 0 Å². The third-order valence-electron chi connectivity index (χ3n) is 4.60. The van der Waals surface area contributed by atoms with Crippen LogP contribution in [-0.4, -0.2) is 19.6 Å². The Morgan fingerprint density at radius 1 is 1.04 bits per heavy atom. The van der Waals surface area contributed by atoms with Crippen LogP contribution in [0.15, 0.2) is 55.0 Å². The van der Waals surface area contributed by atoms with Crippen LogP contribution in [0.2, 0.25) is 0 Å². The Morgan fingerprint density at radius 2 is 1.85 bits per heavy atom. The van der Waals surface area contributed by atoms with Gasteiger partial charge in [0.15, 0.2) is 5.65 Å². The van der Waals surface area contributed by atoms with E-state index >= 15 is 0 Å². The Labute approximate surface area is 150 Å². The second kappa shape index (κ2) is 6.55. The highest BCUT2D eigenvalue weighted by Gasteiger charge is 2.10. The summed E-state index contributed by atoms with van der Waals surface area (Å²) >= 11 is 0. The van der Waals surface area contributed by atoms with E-state index < -0.39 is 0 Å². The lowest BCUT2D eigenvalue weighted by Gasteiger charge is -2.12. The van der Waals surface area contributed by atoms with Crippen LogP contribution in [0, 0.1) is 19.7 Å². The molecule has 3 heterocycles. The molecule has 0 aliphatic rings. The average molecular weight is 347 g/mol. The van der Waals surface area contributed by atoms with Crippen molar-refractivity contribution < 1.29 is 4.39 Å². The largest absolute Gasteiger partial charge is 0.364 e. The average Bonchev–Trinajstić information content (AvgIpc) is 3.09. The van der Waals surface area contributed by atoms with Gasteiger partial charge in [-0.15, -0.1) is 5.10 Å². The van der Waals surface area contributed by atoms with Crippen molar-refractivity contribution in [3.63, 3.8) is 0 Å². The summed E-state index contributed by atoms with van der Waals surface area (Å²) in [6, 6.07) is 10.9. The summed E-state index contributed by atoms with van der Waals surface area (Å²) in [7, 11) is 0. The van der Waals surface area contributed by atoms with Gasteiger partial charge in [0.2, 0.25) is 0 Å². The Morgan fingerprint density at radius 3 is 2.65 bits per heavy atom. The lowest BCUT2D eigenvalue weighted by molar-refractivity contribution is 0.610. The van der Waals surface area contributed by atoms with Crippen LogP contribution in [0.1, 0.15) is 16.7 Å². The zero-order chi connectivity index (χ0) is 18.1. The monoisotopic (exact) mass is 347 g/mol. The molecule has 0 bridgehead atoms. The zero-order valence-electron chi connectivity index (χ0n) is 14.6. The second-order valence-corrected chi connectivity index (χ2v) is 6.19. The molecule has 6 heteroatoms. The molecule has 1 aromatic carbocycles. The number of pyridine rings is 1. The van der Waals surface area contributed by atoms with Gasteiger partial charge in [0.25, 0.3) is 0 Å². The van der Waals surface area contributed by atoms with Crippen molar-refractivity contribution in [3.8, 4) is 11.3 Å². The molecule has 0 fully saturated rings. The number of nitrogens with zero attached hydrogens (tertiary/aromatic N) is 4. The lowest BCUT2D eigenvalue weighted by atomic mass is 10.0. The fraction of sp³-hybridized carbons (Fsp3) is 0.150. The van der Waals surface area contributed by atoms with Crippen LogP contribution in [-0.2, 0) is 6.54 Å². The summed E-state index contributed by atoms with van der Waals surface area (Å²) in [6.45, 7) is 4.29. The van der Waals surface area contributed by atoms with Gasteiger partial charge >= 0.3 is 0 Å². The lowest BCUT2D eigenvalue weighted by Crippen LogP contribution is -2.08. The topological polar surface area (TPSA) is 55.1 Å². The number of imidazole rings is 1. The van der Waals surface area contributed by atoms with E-state index in [0.717, 1.165) is 28.0 Å². The smallest absolute Gasteiger partial charge is 0.154 e. The normalized spacial score (nSPS) is 11.0. The van der Waals surface area contributed by atoms with Crippen LogP contribution in [0.5, 0.6) is 0 Å². The standard InChI is InChI=1S/C20H18FN5/c1-13-3-4-17(21)16(14(13)2)11-23-19-5-6-20-24-12-18(26(20)25-19)15-7-9-22-10-8-15/h3-10,12H,11H2,1-2H3,(H,23,25). The van der Waals surface area contributed by atoms with Crippen molar-refractivity contribution in [2.75, 3.05) is 5.32 Å². The molecule has 0 saturated heterocycles. The molecule has 5 nitrogen and oxygen atoms in total. The zero-order valence-corrected chi connectivity index (χ0v) is 14.6. The van der Waals surface area contributed by atoms with E-state index in [-0.39, 0.29) is 5.82 Å². The Balaban J connectivity index is 1.65. The minimum atomic E-state index is -0.207. The number of fused-ring (bicyclic) bond motifs is 1. The molecule has 130 valence electrons. The summed E-state index contributed by atoms with van der Waals surface area (Å²) in [5.74, 6) is 0.452. The first-order valence-corrected chi connectivity index (χ1v) is 8.37. The molecule has 26 heavy (non-hydrogen) atoms. The molecule has 0 aliphatic carbocycles. The number of aryl methyl sites for hydroxylation is 1. The predicted octanol–water partition coefficient (Wildman–Crippen LogP) is 4.16. The van der Waals surface area contributed by atoms with Crippen LogP contribution in [0.3, 0.4) is 0 Å². The van der Waals surface area contributed by atoms with Crippen molar-refractivity contribution >= 4 is 11.5 Å². The van der Waals surface area contributed by atoms with Gasteiger partial charge in [0.05, 0.1) is 11.9 Å². The molecule has 1 N–H and O–H groups in total. The van der Waals surface area contributed by atoms with Gasteiger partial charge in [0, 0.05) is 30.1 Å². The summed E-state index contributed by atoms with van der Waals surface area (Å²) in [5.41, 5.74) is 5.30. The van der Waals surface area contributed by atoms with E-state index in [1.807, 2.05) is 38.1 Å². The second-order valence-electron chi connectivity index (χ2n) is 6.19. The van der Waals surface area contributed by atoms with Crippen LogP contribution in [0.25, 0.3) is 16.9 Å². The fourth-order valence-corrected chi connectivity index (χ4v) is 2.92. The third kappa shape index (κ3) is 2.90. The Kier molecular flexibility index (Phi) is 4.08. The first-order valence-electron chi connectivity index (χ1n) is 8.37. The maximum absolute atomic E-state index is 14.1. The predicted molar refractivity (Wildman–Crippen MR) is 99.4 cm³/mol. The van der Waals surface area contributed by atoms with Gasteiger partial charge in [-0.2, -0.15) is 0 Å². The van der Waals surface area contributed by atoms with Crippen LogP contribution in [0.4, 0.5) is 10.2 Å². The molecule has 0 spiro atoms. The van der Waals surface area contributed by atoms with Gasteiger partial charge in [0.1, 0.15) is 11.6 Å².